The first-order chi connectivity index (χ1) is 11.5. The molecule has 0 unspecified atom stereocenters. The van der Waals surface area contributed by atoms with Crippen LogP contribution in [-0.4, -0.2) is 61.3 Å². The number of benzene rings is 1. The van der Waals surface area contributed by atoms with Gasteiger partial charge in [0.05, 0.1) is 4.90 Å². The van der Waals surface area contributed by atoms with E-state index in [4.69, 9.17) is 4.74 Å². The van der Waals surface area contributed by atoms with Gasteiger partial charge in [-0.05, 0) is 39.8 Å². The molecule has 0 aromatic heterocycles. The molecule has 1 aromatic rings. The molecule has 0 N–H and O–H groups in total. The Morgan fingerprint density at radius 1 is 1.08 bits per heavy atom. The lowest BCUT2D eigenvalue weighted by atomic mass is 10.2. The minimum Gasteiger partial charge on any atom is -0.444 e. The summed E-state index contributed by atoms with van der Waals surface area (Å²) in [6, 6.07) is 6.00. The van der Waals surface area contributed by atoms with Crippen molar-refractivity contribution < 1.29 is 22.7 Å². The fourth-order valence-corrected chi connectivity index (χ4v) is 3.93. The minimum atomic E-state index is -3.70. The third-order valence-corrected chi connectivity index (χ3v) is 5.66. The molecule has 0 atom stereocenters. The van der Waals surface area contributed by atoms with E-state index in [0.29, 0.717) is 5.56 Å². The summed E-state index contributed by atoms with van der Waals surface area (Å²) in [6.45, 7) is 7.65. The van der Waals surface area contributed by atoms with Gasteiger partial charge in [-0.25, -0.2) is 13.2 Å². The van der Waals surface area contributed by atoms with E-state index in [9.17, 15) is 18.0 Å². The normalized spacial score (nSPS) is 16.6. The largest absolute Gasteiger partial charge is 0.444 e. The molecule has 0 bridgehead atoms. The van der Waals surface area contributed by atoms with Crippen LogP contribution in [0.15, 0.2) is 29.2 Å². The van der Waals surface area contributed by atoms with Crippen LogP contribution in [0.5, 0.6) is 0 Å². The predicted octanol–water partition coefficient (Wildman–Crippen LogP) is 2.13. The number of ketones is 1. The van der Waals surface area contributed by atoms with Crippen LogP contribution in [0, 0.1) is 0 Å². The molecule has 138 valence electrons. The zero-order chi connectivity index (χ0) is 18.8. The molecule has 1 fully saturated rings. The van der Waals surface area contributed by atoms with Crippen molar-refractivity contribution in [3.05, 3.63) is 29.8 Å². The SMILES string of the molecule is CC(=O)c1cccc(S(=O)(=O)N2CCN(C(=O)OC(C)(C)C)CC2)c1. The van der Waals surface area contributed by atoms with Gasteiger partial charge in [0.2, 0.25) is 10.0 Å². The zero-order valence-electron chi connectivity index (χ0n) is 15.0. The van der Waals surface area contributed by atoms with E-state index in [2.05, 4.69) is 0 Å². The highest BCUT2D eigenvalue weighted by Crippen LogP contribution is 2.20. The van der Waals surface area contributed by atoms with E-state index in [1.165, 1.54) is 28.3 Å². The molecule has 1 aliphatic heterocycles. The van der Waals surface area contributed by atoms with Crippen LogP contribution < -0.4 is 0 Å². The van der Waals surface area contributed by atoms with Crippen LogP contribution in [-0.2, 0) is 14.8 Å². The Labute approximate surface area is 148 Å². The molecule has 1 amide bonds. The van der Waals surface area contributed by atoms with Gasteiger partial charge in [-0.1, -0.05) is 12.1 Å². The zero-order valence-corrected chi connectivity index (χ0v) is 15.8. The number of nitrogens with zero attached hydrogens (tertiary/aromatic N) is 2. The molecule has 7 nitrogen and oxygen atoms in total. The van der Waals surface area contributed by atoms with Gasteiger partial charge in [0.1, 0.15) is 5.60 Å². The number of hydrogen-bond donors (Lipinski definition) is 0. The fourth-order valence-electron chi connectivity index (χ4n) is 2.46. The maximum atomic E-state index is 12.7. The Morgan fingerprint density at radius 2 is 1.68 bits per heavy atom. The van der Waals surface area contributed by atoms with Gasteiger partial charge in [0.25, 0.3) is 0 Å². The quantitative estimate of drug-likeness (QED) is 0.763. The van der Waals surface area contributed by atoms with Crippen molar-refractivity contribution in [1.82, 2.24) is 9.21 Å². The molecular weight excluding hydrogens is 344 g/mol. The predicted molar refractivity (Wildman–Crippen MR) is 93.0 cm³/mol. The molecule has 0 radical (unpaired) electrons. The number of hydrogen-bond acceptors (Lipinski definition) is 5. The smallest absolute Gasteiger partial charge is 0.410 e. The number of carbonyl (C=O) groups excluding carboxylic acids is 2. The molecule has 1 aliphatic rings. The van der Waals surface area contributed by atoms with Crippen molar-refractivity contribution in [2.45, 2.75) is 38.2 Å². The summed E-state index contributed by atoms with van der Waals surface area (Å²) in [6.07, 6.45) is -0.442. The second-order valence-electron chi connectivity index (χ2n) is 6.96. The van der Waals surface area contributed by atoms with Gasteiger partial charge in [-0.3, -0.25) is 4.79 Å². The van der Waals surface area contributed by atoms with E-state index >= 15 is 0 Å². The summed E-state index contributed by atoms with van der Waals surface area (Å²) in [5.41, 5.74) is -0.235. The van der Waals surface area contributed by atoms with Gasteiger partial charge < -0.3 is 9.64 Å². The summed E-state index contributed by atoms with van der Waals surface area (Å²) in [5.74, 6) is -0.188. The number of rotatable bonds is 3. The van der Waals surface area contributed by atoms with Crippen molar-refractivity contribution in [2.24, 2.45) is 0 Å². The van der Waals surface area contributed by atoms with Crippen LogP contribution in [0.1, 0.15) is 38.1 Å². The first-order valence-electron chi connectivity index (χ1n) is 8.10. The van der Waals surface area contributed by atoms with E-state index < -0.39 is 21.7 Å². The Balaban J connectivity index is 2.08. The first-order valence-corrected chi connectivity index (χ1v) is 9.54. The summed E-state index contributed by atoms with van der Waals surface area (Å²) in [7, 11) is -3.70. The number of carbonyl (C=O) groups is 2. The fraction of sp³-hybridized carbons (Fsp3) is 0.529. The molecule has 1 heterocycles. The van der Waals surface area contributed by atoms with Gasteiger partial charge >= 0.3 is 6.09 Å². The van der Waals surface area contributed by atoms with Crippen molar-refractivity contribution in [3.8, 4) is 0 Å². The summed E-state index contributed by atoms with van der Waals surface area (Å²) < 4.78 is 32.1. The monoisotopic (exact) mass is 368 g/mol. The van der Waals surface area contributed by atoms with E-state index in [1.807, 2.05) is 0 Å². The van der Waals surface area contributed by atoms with Crippen LogP contribution in [0.4, 0.5) is 4.79 Å². The van der Waals surface area contributed by atoms with Crippen LogP contribution in [0.2, 0.25) is 0 Å². The van der Waals surface area contributed by atoms with Crippen LogP contribution in [0.25, 0.3) is 0 Å². The molecule has 2 rings (SSSR count). The Hall–Kier alpha value is -1.93. The number of sulfonamides is 1. The third kappa shape index (κ3) is 4.79. The van der Waals surface area contributed by atoms with E-state index in [0.717, 1.165) is 0 Å². The standard InChI is InChI=1S/C17H24N2O5S/c1-13(20)14-6-5-7-15(12-14)25(22,23)19-10-8-18(9-11-19)16(21)24-17(2,3)4/h5-7,12H,8-11H2,1-4H3. The van der Waals surface area contributed by atoms with Crippen molar-refractivity contribution in [2.75, 3.05) is 26.2 Å². The van der Waals surface area contributed by atoms with Gasteiger partial charge in [-0.15, -0.1) is 0 Å². The lowest BCUT2D eigenvalue weighted by Gasteiger charge is -2.35. The van der Waals surface area contributed by atoms with Crippen molar-refractivity contribution in [3.63, 3.8) is 0 Å². The van der Waals surface area contributed by atoms with E-state index in [1.54, 1.807) is 32.9 Å². The summed E-state index contributed by atoms with van der Waals surface area (Å²) in [4.78, 5) is 25.1. The van der Waals surface area contributed by atoms with Gasteiger partial charge in [-0.2, -0.15) is 4.31 Å². The van der Waals surface area contributed by atoms with E-state index in [-0.39, 0.29) is 36.9 Å². The van der Waals surface area contributed by atoms with Gasteiger partial charge in [0, 0.05) is 31.7 Å². The molecule has 0 aliphatic carbocycles. The van der Waals surface area contributed by atoms with Crippen LogP contribution >= 0.6 is 0 Å². The summed E-state index contributed by atoms with van der Waals surface area (Å²) >= 11 is 0. The van der Waals surface area contributed by atoms with Gasteiger partial charge in [0.15, 0.2) is 5.78 Å². The number of ether oxygens (including phenoxy) is 1. The average Bonchev–Trinajstić information content (AvgIpc) is 2.53. The molecular formula is C17H24N2O5S. The number of amides is 1. The second-order valence-corrected chi connectivity index (χ2v) is 8.89. The maximum Gasteiger partial charge on any atom is 0.410 e. The third-order valence-electron chi connectivity index (χ3n) is 3.77. The molecule has 0 saturated carbocycles. The minimum absolute atomic E-state index is 0.0888. The average molecular weight is 368 g/mol. The lowest BCUT2D eigenvalue weighted by molar-refractivity contribution is 0.0192. The maximum absolute atomic E-state index is 12.7. The highest BCUT2D eigenvalue weighted by atomic mass is 32.2. The first kappa shape index (κ1) is 19.4. The number of Topliss-reactive ketones (excluding diaryl/α,β-unsaturated/α-hetero) is 1. The lowest BCUT2D eigenvalue weighted by Crippen LogP contribution is -2.51. The molecule has 8 heteroatoms. The Morgan fingerprint density at radius 3 is 2.20 bits per heavy atom. The van der Waals surface area contributed by atoms with Crippen LogP contribution in [0.3, 0.4) is 0 Å². The Kier molecular flexibility index (Phi) is 5.53. The number of piperazine rings is 1. The highest BCUT2D eigenvalue weighted by molar-refractivity contribution is 7.89. The topological polar surface area (TPSA) is 84.0 Å². The Bertz CT molecular complexity index is 759. The highest BCUT2D eigenvalue weighted by Gasteiger charge is 2.32. The van der Waals surface area contributed by atoms with Crippen molar-refractivity contribution >= 4 is 21.9 Å². The molecule has 1 saturated heterocycles. The second kappa shape index (κ2) is 7.13. The van der Waals surface area contributed by atoms with Crippen molar-refractivity contribution in [1.29, 1.82) is 0 Å². The summed E-state index contributed by atoms with van der Waals surface area (Å²) in [5, 5.41) is 0. The molecule has 25 heavy (non-hydrogen) atoms. The molecule has 0 spiro atoms. The molecule has 1 aromatic carbocycles.